The van der Waals surface area contributed by atoms with Crippen molar-refractivity contribution in [1.82, 2.24) is 0 Å². The largest absolute Gasteiger partial charge is 0.472 e. The fraction of sp³-hybridized carbons (Fsp3) is 0.773. The molecule has 0 aliphatic carbocycles. The Kier molecular flexibility index (Phi) is 39.1. The van der Waals surface area contributed by atoms with Gasteiger partial charge in [0.15, 0.2) is 6.10 Å². The van der Waals surface area contributed by atoms with Gasteiger partial charge in [-0.3, -0.25) is 18.6 Å². The molecule has 3 N–H and O–H groups in total. The number of esters is 2. The van der Waals surface area contributed by atoms with E-state index in [0.29, 0.717) is 12.8 Å². The molecule has 0 radical (unpaired) electrons. The van der Waals surface area contributed by atoms with Crippen LogP contribution in [0, 0.1) is 0 Å². The predicted octanol–water partition coefficient (Wildman–Crippen LogP) is 12.3. The quantitative estimate of drug-likeness (QED) is 0.0269. The minimum absolute atomic E-state index is 0.0472. The summed E-state index contributed by atoms with van der Waals surface area (Å²) >= 11 is 0. The monoisotopic (exact) mass is 782 g/mol. The molecule has 0 aromatic carbocycles. The van der Waals surface area contributed by atoms with Crippen LogP contribution in [0.15, 0.2) is 48.6 Å². The zero-order valence-electron chi connectivity index (χ0n) is 34.4. The number of ether oxygens (including phenoxy) is 2. The Balaban J connectivity index is 4.19. The molecule has 0 aliphatic heterocycles. The van der Waals surface area contributed by atoms with Crippen LogP contribution in [0.4, 0.5) is 0 Å². The van der Waals surface area contributed by atoms with E-state index in [1.807, 2.05) is 0 Å². The van der Waals surface area contributed by atoms with Gasteiger partial charge in [-0.25, -0.2) is 4.57 Å². The Labute approximate surface area is 330 Å². The minimum Gasteiger partial charge on any atom is -0.462 e. The average Bonchev–Trinajstić information content (AvgIpc) is 3.16. The Hall–Kier alpha value is -2.03. The highest BCUT2D eigenvalue weighted by Gasteiger charge is 2.26. The zero-order chi connectivity index (χ0) is 39.6. The van der Waals surface area contributed by atoms with E-state index < -0.39 is 32.5 Å². The SMILES string of the molecule is CC/C=C\C/C=C\C/C=C\C/C=C\CCCCC(=O)OC[C@H](COP(=O)(O)OCCN)OC(=O)CCCCCCCCCCCCCCCCCCCC. The number of rotatable bonds is 40. The summed E-state index contributed by atoms with van der Waals surface area (Å²) in [7, 11) is -4.38. The van der Waals surface area contributed by atoms with E-state index in [0.717, 1.165) is 57.8 Å². The highest BCUT2D eigenvalue weighted by Crippen LogP contribution is 2.43. The highest BCUT2D eigenvalue weighted by atomic mass is 31.2. The molecule has 2 atom stereocenters. The van der Waals surface area contributed by atoms with Crippen molar-refractivity contribution in [2.45, 2.75) is 193 Å². The number of allylic oxidation sites excluding steroid dienone is 8. The third kappa shape index (κ3) is 39.7. The van der Waals surface area contributed by atoms with Gasteiger partial charge in [-0.05, 0) is 51.4 Å². The zero-order valence-corrected chi connectivity index (χ0v) is 35.3. The first-order chi connectivity index (χ1) is 26.3. The fourth-order valence-electron chi connectivity index (χ4n) is 5.80. The van der Waals surface area contributed by atoms with Crippen LogP contribution < -0.4 is 5.73 Å². The van der Waals surface area contributed by atoms with Crippen LogP contribution in [-0.4, -0.2) is 49.3 Å². The van der Waals surface area contributed by atoms with Gasteiger partial charge in [-0.1, -0.05) is 172 Å². The van der Waals surface area contributed by atoms with Crippen molar-refractivity contribution < 1.29 is 37.6 Å². The molecule has 0 aliphatic rings. The first-order valence-electron chi connectivity index (χ1n) is 21.6. The van der Waals surface area contributed by atoms with Crippen molar-refractivity contribution in [3.63, 3.8) is 0 Å². The number of hydrogen-bond acceptors (Lipinski definition) is 8. The summed E-state index contributed by atoms with van der Waals surface area (Å²) in [6.07, 6.45) is 45.7. The number of phosphoric ester groups is 1. The van der Waals surface area contributed by atoms with Crippen molar-refractivity contribution in [1.29, 1.82) is 0 Å². The first-order valence-corrected chi connectivity index (χ1v) is 23.1. The summed E-state index contributed by atoms with van der Waals surface area (Å²) in [5.74, 6) is -0.874. The molecule has 54 heavy (non-hydrogen) atoms. The van der Waals surface area contributed by atoms with Gasteiger partial charge in [0.1, 0.15) is 6.61 Å². The molecular formula is C44H80NO8P. The van der Waals surface area contributed by atoms with E-state index in [-0.39, 0.29) is 32.6 Å². The molecule has 0 amide bonds. The number of carbonyl (C=O) groups excluding carboxylic acids is 2. The number of hydrogen-bond donors (Lipinski definition) is 2. The Morgan fingerprint density at radius 1 is 0.574 bits per heavy atom. The van der Waals surface area contributed by atoms with Gasteiger partial charge in [0.2, 0.25) is 0 Å². The molecule has 0 bridgehead atoms. The second kappa shape index (κ2) is 40.6. The van der Waals surface area contributed by atoms with Crippen LogP contribution in [-0.2, 0) is 32.7 Å². The maximum absolute atomic E-state index is 12.6. The van der Waals surface area contributed by atoms with E-state index in [4.69, 9.17) is 24.3 Å². The number of phosphoric acid groups is 1. The van der Waals surface area contributed by atoms with Gasteiger partial charge in [0, 0.05) is 19.4 Å². The molecule has 0 fully saturated rings. The normalized spacial score (nSPS) is 13.8. The lowest BCUT2D eigenvalue weighted by molar-refractivity contribution is -0.161. The van der Waals surface area contributed by atoms with Crippen LogP contribution in [0.3, 0.4) is 0 Å². The molecule has 0 aromatic rings. The topological polar surface area (TPSA) is 134 Å². The van der Waals surface area contributed by atoms with Crippen LogP contribution in [0.1, 0.15) is 187 Å². The molecule has 1 unspecified atom stereocenters. The third-order valence-electron chi connectivity index (χ3n) is 8.98. The molecule has 0 rings (SSSR count). The fourth-order valence-corrected chi connectivity index (χ4v) is 6.57. The Bertz CT molecular complexity index is 1030. The maximum Gasteiger partial charge on any atom is 0.472 e. The summed E-state index contributed by atoms with van der Waals surface area (Å²) in [4.78, 5) is 34.8. The second-order valence-electron chi connectivity index (χ2n) is 14.2. The first kappa shape index (κ1) is 52.0. The molecule has 9 nitrogen and oxygen atoms in total. The van der Waals surface area contributed by atoms with Gasteiger partial charge >= 0.3 is 19.8 Å². The van der Waals surface area contributed by atoms with E-state index >= 15 is 0 Å². The van der Waals surface area contributed by atoms with Crippen LogP contribution >= 0.6 is 7.82 Å². The molecule has 0 aromatic heterocycles. The summed E-state index contributed by atoms with van der Waals surface area (Å²) in [6.45, 7) is 3.58. The van der Waals surface area contributed by atoms with Gasteiger partial charge in [-0.2, -0.15) is 0 Å². The van der Waals surface area contributed by atoms with Crippen molar-refractivity contribution in [2.75, 3.05) is 26.4 Å². The standard InChI is InChI=1S/C44H80NO8P/c1-3-5-7-9-11-13-15-17-19-20-21-23-25-27-29-31-33-35-37-44(47)53-42(41-52-54(48,49)51-39-38-45)40-50-43(46)36-34-32-30-28-26-24-22-18-16-14-12-10-8-6-4-2/h6,8,12,14,18,22,26,28,42H,3-5,7,9-11,13,15-17,19-21,23-25,27,29-41,45H2,1-2H3,(H,48,49)/b8-6-,14-12-,22-18-,28-26-/t42-/m1/s1. The lowest BCUT2D eigenvalue weighted by atomic mass is 10.0. The van der Waals surface area contributed by atoms with Crippen molar-refractivity contribution in [2.24, 2.45) is 5.73 Å². The van der Waals surface area contributed by atoms with E-state index in [9.17, 15) is 19.0 Å². The van der Waals surface area contributed by atoms with Gasteiger partial charge in [0.05, 0.1) is 13.2 Å². The smallest absolute Gasteiger partial charge is 0.462 e. The second-order valence-corrected chi connectivity index (χ2v) is 15.6. The minimum atomic E-state index is -4.38. The van der Waals surface area contributed by atoms with Gasteiger partial charge in [-0.15, -0.1) is 0 Å². The number of nitrogens with two attached hydrogens (primary N) is 1. The summed E-state index contributed by atoms with van der Waals surface area (Å²) in [5.41, 5.74) is 5.34. The summed E-state index contributed by atoms with van der Waals surface area (Å²) < 4.78 is 32.7. The predicted molar refractivity (Wildman–Crippen MR) is 224 cm³/mol. The molecule has 0 spiro atoms. The molecule has 0 saturated heterocycles. The van der Waals surface area contributed by atoms with Crippen molar-refractivity contribution in [3.8, 4) is 0 Å². The van der Waals surface area contributed by atoms with Crippen LogP contribution in [0.5, 0.6) is 0 Å². The van der Waals surface area contributed by atoms with Crippen LogP contribution in [0.25, 0.3) is 0 Å². The van der Waals surface area contributed by atoms with E-state index in [1.165, 1.54) is 89.9 Å². The summed E-state index contributed by atoms with van der Waals surface area (Å²) in [5, 5.41) is 0. The maximum atomic E-state index is 12.6. The molecule has 314 valence electrons. The Morgan fingerprint density at radius 3 is 1.52 bits per heavy atom. The molecule has 0 saturated carbocycles. The summed E-state index contributed by atoms with van der Waals surface area (Å²) in [6, 6.07) is 0. The van der Waals surface area contributed by atoms with Crippen LogP contribution in [0.2, 0.25) is 0 Å². The third-order valence-corrected chi connectivity index (χ3v) is 9.96. The lowest BCUT2D eigenvalue weighted by Crippen LogP contribution is -2.29. The number of carbonyl (C=O) groups is 2. The average molecular weight is 782 g/mol. The van der Waals surface area contributed by atoms with Gasteiger partial charge < -0.3 is 20.1 Å². The highest BCUT2D eigenvalue weighted by molar-refractivity contribution is 7.47. The van der Waals surface area contributed by atoms with Crippen molar-refractivity contribution in [3.05, 3.63) is 48.6 Å². The van der Waals surface area contributed by atoms with Crippen molar-refractivity contribution >= 4 is 19.8 Å². The van der Waals surface area contributed by atoms with E-state index in [1.54, 1.807) is 0 Å². The van der Waals surface area contributed by atoms with Gasteiger partial charge in [0.25, 0.3) is 0 Å². The lowest BCUT2D eigenvalue weighted by Gasteiger charge is -2.19. The number of unbranched alkanes of at least 4 members (excludes halogenated alkanes) is 19. The molecule has 0 heterocycles. The van der Waals surface area contributed by atoms with E-state index in [2.05, 4.69) is 62.5 Å². The molecule has 10 heteroatoms. The molecular weight excluding hydrogens is 701 g/mol. The Morgan fingerprint density at radius 2 is 1.02 bits per heavy atom.